The maximum Gasteiger partial charge on any atom is 0.263 e. The Morgan fingerprint density at radius 3 is 2.84 bits per heavy atom. The second-order valence-electron chi connectivity index (χ2n) is 9.78. The van der Waals surface area contributed by atoms with Gasteiger partial charge in [-0.1, -0.05) is 12.1 Å². The third-order valence-electron chi connectivity index (χ3n) is 7.16. The van der Waals surface area contributed by atoms with Gasteiger partial charge in [0.05, 0.1) is 12.6 Å². The molecule has 4 aromatic heterocycles. The Morgan fingerprint density at radius 1 is 1.22 bits per heavy atom. The van der Waals surface area contributed by atoms with Crippen molar-refractivity contribution >= 4 is 11.7 Å². The van der Waals surface area contributed by atoms with Gasteiger partial charge in [-0.3, -0.25) is 14.6 Å². The van der Waals surface area contributed by atoms with Crippen molar-refractivity contribution in [3.63, 3.8) is 0 Å². The minimum absolute atomic E-state index is 0.0385. The summed E-state index contributed by atoms with van der Waals surface area (Å²) in [6.45, 7) is 2.43. The minimum atomic E-state index is -0.507. The number of amides is 1. The summed E-state index contributed by atoms with van der Waals surface area (Å²) in [5.41, 5.74) is 4.18. The molecule has 1 amide bonds. The highest BCUT2D eigenvalue weighted by Crippen LogP contribution is 2.39. The standard InChI is InChI=1S/C28H28N6O3/c1-17(16-35)33-13-11-29-26(33)23-4-2-6-25(31-23)32-27(36)21-14-20(24-5-3-12-34(24)28(21)37)19-9-10-22(30-15-19)18-7-8-18/h2,4,6,9-11,13-15,17-18,35H,3,5,7-8,12,16H2,1H3,(H,31,32,36)/t17-/m1/s1. The van der Waals surface area contributed by atoms with Crippen LogP contribution in [0.4, 0.5) is 5.82 Å². The Morgan fingerprint density at radius 2 is 2.08 bits per heavy atom. The van der Waals surface area contributed by atoms with Gasteiger partial charge in [0.15, 0.2) is 5.82 Å². The molecule has 0 unspecified atom stereocenters. The van der Waals surface area contributed by atoms with E-state index in [4.69, 9.17) is 0 Å². The number of aliphatic hydroxyl groups is 1. The number of carbonyl (C=O) groups is 1. The first kappa shape index (κ1) is 23.3. The van der Waals surface area contributed by atoms with Crippen molar-refractivity contribution in [1.82, 2.24) is 24.1 Å². The third kappa shape index (κ3) is 4.35. The Balaban J connectivity index is 1.32. The number of nitrogens with one attached hydrogen (secondary N) is 1. The van der Waals surface area contributed by atoms with Crippen LogP contribution in [0.3, 0.4) is 0 Å². The number of rotatable bonds is 7. The van der Waals surface area contributed by atoms with E-state index in [1.165, 1.54) is 12.8 Å². The first-order valence-electron chi connectivity index (χ1n) is 12.7. The third-order valence-corrected chi connectivity index (χ3v) is 7.16. The molecule has 1 saturated carbocycles. The maximum atomic E-state index is 13.4. The van der Waals surface area contributed by atoms with Crippen LogP contribution in [0.5, 0.6) is 0 Å². The number of anilines is 1. The summed E-state index contributed by atoms with van der Waals surface area (Å²) < 4.78 is 3.55. The van der Waals surface area contributed by atoms with E-state index in [2.05, 4.69) is 26.3 Å². The fraction of sp³-hybridized carbons (Fsp3) is 0.321. The van der Waals surface area contributed by atoms with Gasteiger partial charge in [-0.2, -0.15) is 0 Å². The van der Waals surface area contributed by atoms with Gasteiger partial charge in [-0.25, -0.2) is 9.97 Å². The predicted octanol–water partition coefficient (Wildman–Crippen LogP) is 3.80. The summed E-state index contributed by atoms with van der Waals surface area (Å²) in [5, 5.41) is 12.4. The van der Waals surface area contributed by atoms with E-state index in [9.17, 15) is 14.7 Å². The van der Waals surface area contributed by atoms with Crippen LogP contribution in [0.2, 0.25) is 0 Å². The lowest BCUT2D eigenvalue weighted by molar-refractivity contribution is 0.102. The highest BCUT2D eigenvalue weighted by molar-refractivity contribution is 6.04. The lowest BCUT2D eigenvalue weighted by atomic mass is 10.0. The van der Waals surface area contributed by atoms with Gasteiger partial charge < -0.3 is 19.6 Å². The van der Waals surface area contributed by atoms with Gasteiger partial charge >= 0.3 is 0 Å². The van der Waals surface area contributed by atoms with Crippen LogP contribution in [-0.2, 0) is 13.0 Å². The summed E-state index contributed by atoms with van der Waals surface area (Å²) in [6.07, 6.45) is 9.31. The SMILES string of the molecule is C[C@H](CO)n1ccnc1-c1cccc(NC(=O)c2cc(-c3ccc(C4CC4)nc3)c3n(c2=O)CCC3)n1. The maximum absolute atomic E-state index is 13.4. The van der Waals surface area contributed by atoms with Gasteiger partial charge in [0, 0.05) is 53.6 Å². The van der Waals surface area contributed by atoms with Crippen molar-refractivity contribution in [3.05, 3.63) is 82.3 Å². The van der Waals surface area contributed by atoms with Gasteiger partial charge in [-0.15, -0.1) is 0 Å². The fourth-order valence-electron chi connectivity index (χ4n) is 4.98. The summed E-state index contributed by atoms with van der Waals surface area (Å²) in [6, 6.07) is 10.9. The molecule has 0 spiro atoms. The molecule has 2 aliphatic rings. The number of aliphatic hydroxyl groups excluding tert-OH is 1. The number of aromatic nitrogens is 5. The predicted molar refractivity (Wildman–Crippen MR) is 139 cm³/mol. The zero-order valence-corrected chi connectivity index (χ0v) is 20.6. The molecule has 0 radical (unpaired) electrons. The van der Waals surface area contributed by atoms with E-state index < -0.39 is 5.91 Å². The fourth-order valence-corrected chi connectivity index (χ4v) is 4.98. The Labute approximate surface area is 213 Å². The molecule has 1 atom stereocenters. The number of imidazole rings is 1. The lowest BCUT2D eigenvalue weighted by Gasteiger charge is -2.15. The average Bonchev–Trinajstić information content (AvgIpc) is 3.43. The molecule has 1 aliphatic heterocycles. The Kier molecular flexibility index (Phi) is 5.92. The molecular formula is C28H28N6O3. The van der Waals surface area contributed by atoms with Crippen LogP contribution in [-0.4, -0.2) is 41.7 Å². The summed E-state index contributed by atoms with van der Waals surface area (Å²) in [4.78, 5) is 40.2. The van der Waals surface area contributed by atoms with Gasteiger partial charge in [0.1, 0.15) is 17.1 Å². The second kappa shape index (κ2) is 9.40. The molecule has 0 aromatic carbocycles. The monoisotopic (exact) mass is 496 g/mol. The van der Waals surface area contributed by atoms with Crippen molar-refractivity contribution in [1.29, 1.82) is 0 Å². The van der Waals surface area contributed by atoms with Gasteiger partial charge in [0.2, 0.25) is 0 Å². The molecule has 37 heavy (non-hydrogen) atoms. The molecule has 9 nitrogen and oxygen atoms in total. The van der Waals surface area contributed by atoms with Crippen molar-refractivity contribution in [2.45, 2.75) is 51.1 Å². The smallest absolute Gasteiger partial charge is 0.263 e. The molecule has 2 N–H and O–H groups in total. The highest BCUT2D eigenvalue weighted by Gasteiger charge is 2.26. The van der Waals surface area contributed by atoms with Gasteiger partial charge in [-0.05, 0) is 56.9 Å². The van der Waals surface area contributed by atoms with Crippen molar-refractivity contribution in [2.24, 2.45) is 0 Å². The van der Waals surface area contributed by atoms with E-state index >= 15 is 0 Å². The number of hydrogen-bond acceptors (Lipinski definition) is 6. The lowest BCUT2D eigenvalue weighted by Crippen LogP contribution is -2.29. The number of carbonyl (C=O) groups excluding carboxylic acids is 1. The molecule has 4 aromatic rings. The van der Waals surface area contributed by atoms with Crippen LogP contribution in [0.15, 0.2) is 59.8 Å². The summed E-state index contributed by atoms with van der Waals surface area (Å²) in [5.74, 6) is 0.954. The zero-order valence-electron chi connectivity index (χ0n) is 20.6. The molecular weight excluding hydrogens is 468 g/mol. The van der Waals surface area contributed by atoms with E-state index in [-0.39, 0.29) is 23.8 Å². The number of fused-ring (bicyclic) bond motifs is 1. The molecule has 0 bridgehead atoms. The molecule has 188 valence electrons. The van der Waals surface area contributed by atoms with Crippen LogP contribution in [0, 0.1) is 0 Å². The Bertz CT molecular complexity index is 1530. The molecule has 9 heteroatoms. The molecule has 1 fully saturated rings. The topological polar surface area (TPSA) is 115 Å². The largest absolute Gasteiger partial charge is 0.394 e. The molecule has 1 aliphatic carbocycles. The molecule has 5 heterocycles. The Hall–Kier alpha value is -4.11. The number of nitrogens with zero attached hydrogens (tertiary/aromatic N) is 5. The normalized spacial score (nSPS) is 15.4. The van der Waals surface area contributed by atoms with E-state index in [0.717, 1.165) is 35.4 Å². The van der Waals surface area contributed by atoms with Crippen molar-refractivity contribution in [2.75, 3.05) is 11.9 Å². The highest BCUT2D eigenvalue weighted by atomic mass is 16.3. The average molecular weight is 497 g/mol. The van der Waals surface area contributed by atoms with Crippen molar-refractivity contribution < 1.29 is 9.90 Å². The van der Waals surface area contributed by atoms with E-state index in [1.54, 1.807) is 41.2 Å². The summed E-state index contributed by atoms with van der Waals surface area (Å²) >= 11 is 0. The quantitative estimate of drug-likeness (QED) is 0.402. The van der Waals surface area contributed by atoms with Crippen molar-refractivity contribution in [3.8, 4) is 22.6 Å². The zero-order chi connectivity index (χ0) is 25.5. The first-order chi connectivity index (χ1) is 18.0. The van der Waals surface area contributed by atoms with Crippen LogP contribution in [0.25, 0.3) is 22.6 Å². The summed E-state index contributed by atoms with van der Waals surface area (Å²) in [7, 11) is 0. The van der Waals surface area contributed by atoms with Crippen LogP contribution < -0.4 is 10.9 Å². The first-order valence-corrected chi connectivity index (χ1v) is 12.7. The molecule has 0 saturated heterocycles. The molecule has 6 rings (SSSR count). The van der Waals surface area contributed by atoms with Crippen LogP contribution in [0.1, 0.15) is 59.9 Å². The van der Waals surface area contributed by atoms with E-state index in [0.29, 0.717) is 29.8 Å². The minimum Gasteiger partial charge on any atom is -0.394 e. The second-order valence-corrected chi connectivity index (χ2v) is 9.78. The van der Waals surface area contributed by atoms with Gasteiger partial charge in [0.25, 0.3) is 11.5 Å². The number of hydrogen-bond donors (Lipinski definition) is 2. The number of pyridine rings is 3. The van der Waals surface area contributed by atoms with E-state index in [1.807, 2.05) is 23.8 Å². The van der Waals surface area contributed by atoms with Crippen LogP contribution >= 0.6 is 0 Å².